The van der Waals surface area contributed by atoms with Gasteiger partial charge >= 0.3 is 0 Å². The van der Waals surface area contributed by atoms with Gasteiger partial charge in [0.15, 0.2) is 0 Å². The highest BCUT2D eigenvalue weighted by Gasteiger charge is 2.10. The molecule has 3 N–H and O–H groups in total. The summed E-state index contributed by atoms with van der Waals surface area (Å²) in [6, 6.07) is 8.17. The fraction of sp³-hybridized carbons (Fsp3) is 0.286. The minimum absolute atomic E-state index is 0.610. The summed E-state index contributed by atoms with van der Waals surface area (Å²) in [4.78, 5) is 10.7. The highest BCUT2D eigenvalue weighted by atomic mass is 15.3. The van der Waals surface area contributed by atoms with E-state index in [1.54, 1.807) is 0 Å². The van der Waals surface area contributed by atoms with Crippen molar-refractivity contribution in [2.24, 2.45) is 5.84 Å². The standard InChI is InChI=1S/C14H19N5/c1-9-5-6-12(10(2)7-9)19(4)14-8-13(18-15)16-11(3)17-14/h5-8H,15H2,1-4H3,(H,16,17,18). The van der Waals surface area contributed by atoms with Gasteiger partial charge in [0, 0.05) is 18.8 Å². The molecule has 0 fully saturated rings. The number of benzene rings is 1. The van der Waals surface area contributed by atoms with Crippen molar-refractivity contribution in [3.05, 3.63) is 41.2 Å². The van der Waals surface area contributed by atoms with E-state index in [9.17, 15) is 0 Å². The fourth-order valence-corrected chi connectivity index (χ4v) is 2.10. The Hall–Kier alpha value is -2.14. The third kappa shape index (κ3) is 2.82. The first kappa shape index (κ1) is 13.3. The van der Waals surface area contributed by atoms with E-state index in [0.717, 1.165) is 11.5 Å². The zero-order chi connectivity index (χ0) is 14.0. The van der Waals surface area contributed by atoms with Gasteiger partial charge in [-0.3, -0.25) is 0 Å². The van der Waals surface area contributed by atoms with Gasteiger partial charge in [0.1, 0.15) is 17.5 Å². The molecule has 5 heteroatoms. The smallest absolute Gasteiger partial charge is 0.145 e. The van der Waals surface area contributed by atoms with E-state index < -0.39 is 0 Å². The van der Waals surface area contributed by atoms with Gasteiger partial charge in [0.2, 0.25) is 0 Å². The quantitative estimate of drug-likeness (QED) is 0.653. The fourth-order valence-electron chi connectivity index (χ4n) is 2.10. The molecule has 1 aromatic carbocycles. The third-order valence-corrected chi connectivity index (χ3v) is 3.03. The van der Waals surface area contributed by atoms with Crippen molar-refractivity contribution in [2.75, 3.05) is 17.4 Å². The Balaban J connectivity index is 2.43. The predicted octanol–water partition coefficient (Wildman–Crippen LogP) is 2.46. The molecule has 0 spiro atoms. The van der Waals surface area contributed by atoms with Crippen LogP contribution in [-0.2, 0) is 0 Å². The molecule has 1 heterocycles. The van der Waals surface area contributed by atoms with Crippen LogP contribution in [0.15, 0.2) is 24.3 Å². The highest BCUT2D eigenvalue weighted by Crippen LogP contribution is 2.27. The van der Waals surface area contributed by atoms with Crippen LogP contribution in [0.5, 0.6) is 0 Å². The van der Waals surface area contributed by atoms with Crippen LogP contribution in [-0.4, -0.2) is 17.0 Å². The maximum atomic E-state index is 5.42. The SMILES string of the molecule is Cc1ccc(N(C)c2cc(NN)nc(C)n2)c(C)c1. The van der Waals surface area contributed by atoms with Crippen LogP contribution < -0.4 is 16.2 Å². The topological polar surface area (TPSA) is 67.1 Å². The maximum absolute atomic E-state index is 5.42. The molecular weight excluding hydrogens is 238 g/mol. The molecule has 0 saturated carbocycles. The number of nitrogen functional groups attached to an aromatic ring is 1. The van der Waals surface area contributed by atoms with Crippen molar-refractivity contribution in [3.63, 3.8) is 0 Å². The van der Waals surface area contributed by atoms with Crippen LogP contribution in [0.1, 0.15) is 17.0 Å². The monoisotopic (exact) mass is 257 g/mol. The molecule has 2 rings (SSSR count). The van der Waals surface area contributed by atoms with Crippen molar-refractivity contribution in [3.8, 4) is 0 Å². The molecule has 5 nitrogen and oxygen atoms in total. The van der Waals surface area contributed by atoms with Crippen LogP contribution in [0.25, 0.3) is 0 Å². The van der Waals surface area contributed by atoms with Crippen molar-refractivity contribution in [2.45, 2.75) is 20.8 Å². The van der Waals surface area contributed by atoms with E-state index in [1.807, 2.05) is 24.9 Å². The van der Waals surface area contributed by atoms with Crippen LogP contribution >= 0.6 is 0 Å². The second-order valence-corrected chi connectivity index (χ2v) is 4.65. The van der Waals surface area contributed by atoms with Gasteiger partial charge in [-0.2, -0.15) is 0 Å². The summed E-state index contributed by atoms with van der Waals surface area (Å²) in [6.45, 7) is 6.03. The van der Waals surface area contributed by atoms with E-state index in [0.29, 0.717) is 11.6 Å². The lowest BCUT2D eigenvalue weighted by molar-refractivity contribution is 1.00. The first-order valence-corrected chi connectivity index (χ1v) is 6.14. The first-order chi connectivity index (χ1) is 9.01. The van der Waals surface area contributed by atoms with E-state index in [1.165, 1.54) is 11.1 Å². The van der Waals surface area contributed by atoms with Crippen molar-refractivity contribution in [1.82, 2.24) is 9.97 Å². The lowest BCUT2D eigenvalue weighted by atomic mass is 10.1. The van der Waals surface area contributed by atoms with Crippen molar-refractivity contribution >= 4 is 17.3 Å². The van der Waals surface area contributed by atoms with Crippen LogP contribution in [0.4, 0.5) is 17.3 Å². The zero-order valence-corrected chi connectivity index (χ0v) is 11.7. The van der Waals surface area contributed by atoms with Gasteiger partial charge in [-0.05, 0) is 32.4 Å². The summed E-state index contributed by atoms with van der Waals surface area (Å²) >= 11 is 0. The summed E-state index contributed by atoms with van der Waals surface area (Å²) in [5.41, 5.74) is 6.14. The lowest BCUT2D eigenvalue weighted by Crippen LogP contribution is -2.16. The van der Waals surface area contributed by atoms with Crippen molar-refractivity contribution < 1.29 is 0 Å². The van der Waals surface area contributed by atoms with Crippen LogP contribution in [0, 0.1) is 20.8 Å². The summed E-state index contributed by atoms with van der Waals surface area (Å²) in [7, 11) is 1.99. The number of nitrogens with two attached hydrogens (primary N) is 1. The molecule has 0 amide bonds. The van der Waals surface area contributed by atoms with Gasteiger partial charge < -0.3 is 10.3 Å². The van der Waals surface area contributed by atoms with Gasteiger partial charge in [-0.1, -0.05) is 17.7 Å². The van der Waals surface area contributed by atoms with E-state index in [4.69, 9.17) is 5.84 Å². The minimum Gasteiger partial charge on any atom is -0.329 e. The Kier molecular flexibility index (Phi) is 3.66. The Labute approximate surface area is 113 Å². The normalized spacial score (nSPS) is 10.4. The Morgan fingerprint density at radius 3 is 2.47 bits per heavy atom. The number of nitrogens with one attached hydrogen (secondary N) is 1. The van der Waals surface area contributed by atoms with Crippen LogP contribution in [0.2, 0.25) is 0 Å². The molecule has 2 aromatic rings. The third-order valence-electron chi connectivity index (χ3n) is 3.03. The molecule has 0 unspecified atom stereocenters. The molecule has 1 aromatic heterocycles. The second-order valence-electron chi connectivity index (χ2n) is 4.65. The van der Waals surface area contributed by atoms with Crippen LogP contribution in [0.3, 0.4) is 0 Å². The number of aryl methyl sites for hydroxylation is 3. The highest BCUT2D eigenvalue weighted by molar-refractivity contribution is 5.65. The first-order valence-electron chi connectivity index (χ1n) is 6.14. The van der Waals surface area contributed by atoms with Gasteiger partial charge in [0.05, 0.1) is 0 Å². The molecule has 0 aliphatic carbocycles. The zero-order valence-electron chi connectivity index (χ0n) is 11.7. The molecule has 19 heavy (non-hydrogen) atoms. The minimum atomic E-state index is 0.610. The summed E-state index contributed by atoms with van der Waals surface area (Å²) in [5, 5.41) is 0. The summed E-state index contributed by atoms with van der Waals surface area (Å²) < 4.78 is 0. The Morgan fingerprint density at radius 2 is 1.84 bits per heavy atom. The second kappa shape index (κ2) is 5.24. The van der Waals surface area contributed by atoms with E-state index in [2.05, 4.69) is 47.4 Å². The Morgan fingerprint density at radius 1 is 1.11 bits per heavy atom. The average molecular weight is 257 g/mol. The Bertz CT molecular complexity index is 594. The maximum Gasteiger partial charge on any atom is 0.145 e. The average Bonchev–Trinajstić information content (AvgIpc) is 2.37. The van der Waals surface area contributed by atoms with Gasteiger partial charge in [-0.15, -0.1) is 0 Å². The molecular formula is C14H19N5. The van der Waals surface area contributed by atoms with Crippen molar-refractivity contribution in [1.29, 1.82) is 0 Å². The summed E-state index contributed by atoms with van der Waals surface area (Å²) in [5.74, 6) is 7.52. The molecule has 0 atom stereocenters. The molecule has 0 aliphatic rings. The van der Waals surface area contributed by atoms with Gasteiger partial charge in [-0.25, -0.2) is 15.8 Å². The molecule has 100 valence electrons. The molecule has 0 saturated heterocycles. The van der Waals surface area contributed by atoms with E-state index >= 15 is 0 Å². The number of nitrogens with zero attached hydrogens (tertiary/aromatic N) is 3. The lowest BCUT2D eigenvalue weighted by Gasteiger charge is -2.21. The predicted molar refractivity (Wildman–Crippen MR) is 78.6 cm³/mol. The summed E-state index contributed by atoms with van der Waals surface area (Å²) in [6.07, 6.45) is 0. The molecule has 0 bridgehead atoms. The number of hydrogen-bond donors (Lipinski definition) is 2. The number of anilines is 3. The number of aromatic nitrogens is 2. The van der Waals surface area contributed by atoms with E-state index in [-0.39, 0.29) is 0 Å². The largest absolute Gasteiger partial charge is 0.329 e. The molecule has 0 aliphatic heterocycles. The van der Waals surface area contributed by atoms with Gasteiger partial charge in [0.25, 0.3) is 0 Å². The number of hydrazine groups is 1. The molecule has 0 radical (unpaired) electrons. The number of hydrogen-bond acceptors (Lipinski definition) is 5. The number of rotatable bonds is 3.